The predicted octanol–water partition coefficient (Wildman–Crippen LogP) is 1.35. The maximum Gasteiger partial charge on any atom is 0.240 e. The standard InChI is InChI=1S/C13H22N4O/c1-2-12-15-13(18-16-12)9-17-8-4-6-11(17)10-5-3-7-14-10/h10-11,14H,2-9H2,1H3. The van der Waals surface area contributed by atoms with Crippen LogP contribution in [0.1, 0.15) is 44.3 Å². The van der Waals surface area contributed by atoms with Gasteiger partial charge in [0.2, 0.25) is 5.89 Å². The third-order valence-electron chi connectivity index (χ3n) is 4.14. The van der Waals surface area contributed by atoms with Gasteiger partial charge in [-0.3, -0.25) is 4.90 Å². The van der Waals surface area contributed by atoms with Crippen LogP contribution in [0.5, 0.6) is 0 Å². The highest BCUT2D eigenvalue weighted by Gasteiger charge is 2.33. The quantitative estimate of drug-likeness (QED) is 0.874. The lowest BCUT2D eigenvalue weighted by atomic mass is 10.0. The lowest BCUT2D eigenvalue weighted by Gasteiger charge is -2.28. The monoisotopic (exact) mass is 250 g/mol. The molecule has 3 rings (SSSR count). The fourth-order valence-corrected chi connectivity index (χ4v) is 3.22. The molecule has 0 spiro atoms. The van der Waals surface area contributed by atoms with Gasteiger partial charge in [-0.2, -0.15) is 4.98 Å². The summed E-state index contributed by atoms with van der Waals surface area (Å²) in [7, 11) is 0. The number of likely N-dealkylation sites (tertiary alicyclic amines) is 1. The van der Waals surface area contributed by atoms with Gasteiger partial charge < -0.3 is 9.84 Å². The van der Waals surface area contributed by atoms with Crippen molar-refractivity contribution in [2.45, 2.75) is 57.7 Å². The molecule has 2 fully saturated rings. The molecule has 3 heterocycles. The second kappa shape index (κ2) is 5.36. The summed E-state index contributed by atoms with van der Waals surface area (Å²) in [5, 5.41) is 7.59. The topological polar surface area (TPSA) is 54.2 Å². The van der Waals surface area contributed by atoms with Crippen LogP contribution in [-0.2, 0) is 13.0 Å². The van der Waals surface area contributed by atoms with Crippen molar-refractivity contribution in [1.29, 1.82) is 0 Å². The van der Waals surface area contributed by atoms with E-state index in [-0.39, 0.29) is 0 Å². The number of hydrogen-bond donors (Lipinski definition) is 1. The molecule has 100 valence electrons. The molecule has 5 heteroatoms. The Morgan fingerprint density at radius 3 is 3.06 bits per heavy atom. The molecule has 0 bridgehead atoms. The summed E-state index contributed by atoms with van der Waals surface area (Å²) in [6, 6.07) is 1.32. The van der Waals surface area contributed by atoms with Crippen LogP contribution in [0.4, 0.5) is 0 Å². The molecule has 2 aliphatic rings. The number of aromatic nitrogens is 2. The number of nitrogens with one attached hydrogen (secondary N) is 1. The number of nitrogens with zero attached hydrogens (tertiary/aromatic N) is 3. The Hall–Kier alpha value is -0.940. The maximum absolute atomic E-state index is 5.31. The summed E-state index contributed by atoms with van der Waals surface area (Å²) in [4.78, 5) is 6.92. The molecule has 18 heavy (non-hydrogen) atoms. The highest BCUT2D eigenvalue weighted by Crippen LogP contribution is 2.26. The van der Waals surface area contributed by atoms with Gasteiger partial charge in [-0.15, -0.1) is 0 Å². The van der Waals surface area contributed by atoms with Crippen LogP contribution in [0, 0.1) is 0 Å². The van der Waals surface area contributed by atoms with Gasteiger partial charge in [0, 0.05) is 18.5 Å². The van der Waals surface area contributed by atoms with Crippen LogP contribution in [0.25, 0.3) is 0 Å². The zero-order valence-corrected chi connectivity index (χ0v) is 11.1. The summed E-state index contributed by atoms with van der Waals surface area (Å²) in [6.07, 6.45) is 6.06. The molecule has 5 nitrogen and oxygen atoms in total. The van der Waals surface area contributed by atoms with E-state index in [1.54, 1.807) is 0 Å². The van der Waals surface area contributed by atoms with Crippen LogP contribution in [0.3, 0.4) is 0 Å². The zero-order chi connectivity index (χ0) is 12.4. The largest absolute Gasteiger partial charge is 0.338 e. The van der Waals surface area contributed by atoms with Crippen LogP contribution >= 0.6 is 0 Å². The van der Waals surface area contributed by atoms with E-state index in [0.29, 0.717) is 12.1 Å². The van der Waals surface area contributed by atoms with Crippen molar-refractivity contribution in [3.05, 3.63) is 11.7 Å². The Morgan fingerprint density at radius 1 is 1.39 bits per heavy atom. The van der Waals surface area contributed by atoms with E-state index in [1.165, 1.54) is 32.2 Å². The van der Waals surface area contributed by atoms with Crippen molar-refractivity contribution in [2.24, 2.45) is 0 Å². The predicted molar refractivity (Wildman–Crippen MR) is 68.1 cm³/mol. The Morgan fingerprint density at radius 2 is 2.33 bits per heavy atom. The van der Waals surface area contributed by atoms with E-state index in [2.05, 4.69) is 27.3 Å². The second-order valence-corrected chi connectivity index (χ2v) is 5.34. The molecular formula is C13H22N4O. The molecule has 0 saturated carbocycles. The summed E-state index contributed by atoms with van der Waals surface area (Å²) >= 11 is 0. The van der Waals surface area contributed by atoms with Crippen molar-refractivity contribution in [1.82, 2.24) is 20.4 Å². The zero-order valence-electron chi connectivity index (χ0n) is 11.1. The number of rotatable bonds is 4. The summed E-state index contributed by atoms with van der Waals surface area (Å²) in [6.45, 7) is 5.20. The van der Waals surface area contributed by atoms with Gasteiger partial charge in [-0.25, -0.2) is 0 Å². The third-order valence-corrected chi connectivity index (χ3v) is 4.14. The minimum absolute atomic E-state index is 0.657. The Kier molecular flexibility index (Phi) is 3.61. The van der Waals surface area contributed by atoms with E-state index >= 15 is 0 Å². The first-order chi connectivity index (χ1) is 8.86. The highest BCUT2D eigenvalue weighted by atomic mass is 16.5. The van der Waals surface area contributed by atoms with E-state index in [0.717, 1.165) is 31.2 Å². The van der Waals surface area contributed by atoms with E-state index in [9.17, 15) is 0 Å². The lowest BCUT2D eigenvalue weighted by Crippen LogP contribution is -2.43. The first-order valence-corrected chi connectivity index (χ1v) is 7.15. The molecular weight excluding hydrogens is 228 g/mol. The van der Waals surface area contributed by atoms with Crippen LogP contribution in [0.15, 0.2) is 4.52 Å². The summed E-state index contributed by atoms with van der Waals surface area (Å²) < 4.78 is 5.31. The van der Waals surface area contributed by atoms with Gasteiger partial charge in [0.25, 0.3) is 0 Å². The van der Waals surface area contributed by atoms with Crippen molar-refractivity contribution < 1.29 is 4.52 Å². The van der Waals surface area contributed by atoms with Crippen LogP contribution in [0.2, 0.25) is 0 Å². The fraction of sp³-hybridized carbons (Fsp3) is 0.846. The van der Waals surface area contributed by atoms with Gasteiger partial charge in [0.05, 0.1) is 6.54 Å². The second-order valence-electron chi connectivity index (χ2n) is 5.34. The third kappa shape index (κ3) is 2.42. The van der Waals surface area contributed by atoms with Crippen molar-refractivity contribution in [2.75, 3.05) is 13.1 Å². The number of hydrogen-bond acceptors (Lipinski definition) is 5. The molecule has 1 aromatic heterocycles. The smallest absolute Gasteiger partial charge is 0.240 e. The first-order valence-electron chi connectivity index (χ1n) is 7.15. The van der Waals surface area contributed by atoms with E-state index < -0.39 is 0 Å². The van der Waals surface area contributed by atoms with Crippen LogP contribution < -0.4 is 5.32 Å². The normalized spacial score (nSPS) is 29.2. The molecule has 2 atom stereocenters. The SMILES string of the molecule is CCc1noc(CN2CCCC2C2CCCN2)n1. The molecule has 2 aliphatic heterocycles. The molecule has 0 amide bonds. The summed E-state index contributed by atoms with van der Waals surface area (Å²) in [5.41, 5.74) is 0. The van der Waals surface area contributed by atoms with Crippen molar-refractivity contribution in [3.8, 4) is 0 Å². The minimum Gasteiger partial charge on any atom is -0.338 e. The van der Waals surface area contributed by atoms with Gasteiger partial charge in [0.1, 0.15) is 0 Å². The Bertz CT molecular complexity index is 386. The van der Waals surface area contributed by atoms with Crippen LogP contribution in [-0.4, -0.2) is 40.2 Å². The molecule has 0 aliphatic carbocycles. The van der Waals surface area contributed by atoms with Gasteiger partial charge in [-0.05, 0) is 38.8 Å². The lowest BCUT2D eigenvalue weighted by molar-refractivity contribution is 0.182. The van der Waals surface area contributed by atoms with E-state index in [1.807, 2.05) is 0 Å². The highest BCUT2D eigenvalue weighted by molar-refractivity contribution is 4.94. The summed E-state index contributed by atoms with van der Waals surface area (Å²) in [5.74, 6) is 1.59. The Labute approximate surface area is 108 Å². The van der Waals surface area contributed by atoms with Gasteiger partial charge in [0.15, 0.2) is 5.82 Å². The van der Waals surface area contributed by atoms with E-state index in [4.69, 9.17) is 4.52 Å². The molecule has 0 aromatic carbocycles. The average molecular weight is 250 g/mol. The molecule has 1 aromatic rings. The van der Waals surface area contributed by atoms with Crippen molar-refractivity contribution in [3.63, 3.8) is 0 Å². The maximum atomic E-state index is 5.31. The molecule has 1 N–H and O–H groups in total. The molecule has 2 unspecified atom stereocenters. The molecule has 0 radical (unpaired) electrons. The fourth-order valence-electron chi connectivity index (χ4n) is 3.22. The van der Waals surface area contributed by atoms with Gasteiger partial charge >= 0.3 is 0 Å². The first kappa shape index (κ1) is 12.1. The molecule has 2 saturated heterocycles. The average Bonchev–Trinajstić information content (AvgIpc) is 3.09. The van der Waals surface area contributed by atoms with Crippen molar-refractivity contribution >= 4 is 0 Å². The number of aryl methyl sites for hydroxylation is 1. The van der Waals surface area contributed by atoms with Gasteiger partial charge in [-0.1, -0.05) is 12.1 Å². The Balaban J connectivity index is 1.63. The minimum atomic E-state index is 0.657.